The largest absolute Gasteiger partial charge is 0.503 e. The van der Waals surface area contributed by atoms with Crippen molar-refractivity contribution in [1.82, 2.24) is 10.2 Å². The van der Waals surface area contributed by atoms with Crippen molar-refractivity contribution >= 4 is 11.8 Å². The van der Waals surface area contributed by atoms with E-state index in [1.165, 1.54) is 11.9 Å². The third kappa shape index (κ3) is 3.78. The molecule has 0 unspecified atom stereocenters. The summed E-state index contributed by atoms with van der Waals surface area (Å²) in [7, 11) is 1.54. The van der Waals surface area contributed by atoms with Gasteiger partial charge in [0, 0.05) is 13.6 Å². The number of benzene rings is 1. The van der Waals surface area contributed by atoms with E-state index in [1.54, 1.807) is 0 Å². The second-order valence-corrected chi connectivity index (χ2v) is 5.26. The van der Waals surface area contributed by atoms with Gasteiger partial charge in [-0.2, -0.15) is 0 Å². The summed E-state index contributed by atoms with van der Waals surface area (Å²) in [6.45, 7) is 3.02. The molecule has 0 aliphatic carbocycles. The summed E-state index contributed by atoms with van der Waals surface area (Å²) in [6, 6.07) is 7.75. The predicted octanol–water partition coefficient (Wildman–Crippen LogP) is 1.16. The first-order chi connectivity index (χ1) is 10.5. The Morgan fingerprint density at radius 2 is 2.23 bits per heavy atom. The maximum absolute atomic E-state index is 11.9. The van der Waals surface area contributed by atoms with E-state index in [0.717, 1.165) is 11.3 Å². The molecule has 0 saturated carbocycles. The Bertz CT molecular complexity index is 610. The first-order valence-corrected chi connectivity index (χ1v) is 7.14. The van der Waals surface area contributed by atoms with Gasteiger partial charge >= 0.3 is 0 Å². The van der Waals surface area contributed by atoms with Crippen LogP contribution in [0.25, 0.3) is 0 Å². The van der Waals surface area contributed by atoms with Crippen LogP contribution in [0.5, 0.6) is 5.75 Å². The molecule has 0 bridgehead atoms. The minimum atomic E-state index is -0.520. The maximum Gasteiger partial charge on any atom is 0.289 e. The Labute approximate surface area is 129 Å². The lowest BCUT2D eigenvalue weighted by Crippen LogP contribution is -2.29. The number of aryl methyl sites for hydroxylation is 1. The van der Waals surface area contributed by atoms with Gasteiger partial charge in [-0.3, -0.25) is 9.59 Å². The van der Waals surface area contributed by atoms with E-state index in [9.17, 15) is 14.7 Å². The fourth-order valence-electron chi connectivity index (χ4n) is 2.15. The number of hydrogen-bond donors (Lipinski definition) is 2. The van der Waals surface area contributed by atoms with Gasteiger partial charge in [-0.1, -0.05) is 12.1 Å². The number of nitrogens with zero attached hydrogens (tertiary/aromatic N) is 1. The number of aliphatic hydroxyl groups is 1. The topological polar surface area (TPSA) is 78.9 Å². The van der Waals surface area contributed by atoms with Crippen molar-refractivity contribution in [1.29, 1.82) is 0 Å². The first kappa shape index (κ1) is 15.9. The van der Waals surface area contributed by atoms with Gasteiger partial charge in [0.15, 0.2) is 5.76 Å². The molecule has 1 aliphatic heterocycles. The van der Waals surface area contributed by atoms with Crippen molar-refractivity contribution in [3.63, 3.8) is 0 Å². The lowest BCUT2D eigenvalue weighted by Gasteiger charge is -2.09. The molecule has 6 nitrogen and oxygen atoms in total. The number of carbonyl (C=O) groups excluding carboxylic acids is 2. The molecule has 2 N–H and O–H groups in total. The molecule has 1 aromatic carbocycles. The number of hydrogen-bond acceptors (Lipinski definition) is 4. The fraction of sp³-hybridized carbons (Fsp3) is 0.375. The average Bonchev–Trinajstić information content (AvgIpc) is 2.74. The molecule has 0 atom stereocenters. The zero-order valence-corrected chi connectivity index (χ0v) is 12.8. The van der Waals surface area contributed by atoms with Gasteiger partial charge < -0.3 is 20.1 Å². The third-order valence-electron chi connectivity index (χ3n) is 3.37. The van der Waals surface area contributed by atoms with E-state index in [1.807, 2.05) is 31.2 Å². The molecule has 0 saturated heterocycles. The molecule has 1 heterocycles. The lowest BCUT2D eigenvalue weighted by atomic mass is 10.2. The summed E-state index contributed by atoms with van der Waals surface area (Å²) in [4.78, 5) is 24.6. The van der Waals surface area contributed by atoms with Crippen molar-refractivity contribution in [3.8, 4) is 5.75 Å². The number of aliphatic hydroxyl groups excluding tert-OH is 1. The monoisotopic (exact) mass is 304 g/mol. The van der Waals surface area contributed by atoms with Gasteiger partial charge in [-0.15, -0.1) is 0 Å². The fourth-order valence-corrected chi connectivity index (χ4v) is 2.15. The Hall–Kier alpha value is -2.50. The van der Waals surface area contributed by atoms with Crippen LogP contribution in [0.4, 0.5) is 0 Å². The molecular formula is C16H20N2O4. The van der Waals surface area contributed by atoms with Crippen LogP contribution in [-0.2, 0) is 9.59 Å². The van der Waals surface area contributed by atoms with Crippen molar-refractivity contribution in [2.24, 2.45) is 0 Å². The van der Waals surface area contributed by atoms with Crippen LogP contribution in [0.1, 0.15) is 12.0 Å². The van der Waals surface area contributed by atoms with Crippen LogP contribution in [0.2, 0.25) is 0 Å². The Morgan fingerprint density at radius 3 is 2.86 bits per heavy atom. The Morgan fingerprint density at radius 1 is 1.45 bits per heavy atom. The standard InChI is InChI=1S/C16H20N2O4/c1-11-5-3-6-12(9-11)22-8-4-7-17-15(20)13-10-18(2)16(21)14(13)19/h3,5-6,9,19H,4,7-8,10H2,1-2H3,(H,17,20). The number of likely N-dealkylation sites (N-methyl/N-ethyl adjacent to an activating group) is 1. The number of nitrogens with one attached hydrogen (secondary N) is 1. The highest BCUT2D eigenvalue weighted by atomic mass is 16.5. The lowest BCUT2D eigenvalue weighted by molar-refractivity contribution is -0.126. The van der Waals surface area contributed by atoms with Crippen LogP contribution in [0.3, 0.4) is 0 Å². The number of ether oxygens (including phenoxy) is 1. The Kier molecular flexibility index (Phi) is 5.04. The van der Waals surface area contributed by atoms with E-state index in [-0.39, 0.29) is 12.1 Å². The summed E-state index contributed by atoms with van der Waals surface area (Å²) < 4.78 is 5.57. The minimum absolute atomic E-state index is 0.118. The molecule has 118 valence electrons. The van der Waals surface area contributed by atoms with Crippen LogP contribution >= 0.6 is 0 Å². The Balaban J connectivity index is 1.71. The molecule has 1 aliphatic rings. The van der Waals surface area contributed by atoms with Crippen LogP contribution < -0.4 is 10.1 Å². The molecule has 0 spiro atoms. The van der Waals surface area contributed by atoms with Crippen LogP contribution in [-0.4, -0.2) is 48.6 Å². The van der Waals surface area contributed by atoms with Gasteiger partial charge in [-0.25, -0.2) is 0 Å². The zero-order chi connectivity index (χ0) is 16.1. The molecule has 1 aromatic rings. The summed E-state index contributed by atoms with van der Waals surface area (Å²) >= 11 is 0. The number of carbonyl (C=O) groups is 2. The van der Waals surface area contributed by atoms with Crippen molar-refractivity contribution in [2.45, 2.75) is 13.3 Å². The minimum Gasteiger partial charge on any atom is -0.503 e. The third-order valence-corrected chi connectivity index (χ3v) is 3.37. The molecule has 6 heteroatoms. The van der Waals surface area contributed by atoms with Crippen LogP contribution in [0, 0.1) is 6.92 Å². The van der Waals surface area contributed by atoms with E-state index >= 15 is 0 Å². The van der Waals surface area contributed by atoms with Gasteiger partial charge in [0.1, 0.15) is 5.75 Å². The van der Waals surface area contributed by atoms with Crippen LogP contribution in [0.15, 0.2) is 35.6 Å². The van der Waals surface area contributed by atoms with Gasteiger partial charge in [-0.05, 0) is 31.0 Å². The molecule has 2 amide bonds. The van der Waals surface area contributed by atoms with E-state index in [2.05, 4.69) is 5.32 Å². The molecule has 2 rings (SSSR count). The predicted molar refractivity (Wildman–Crippen MR) is 81.6 cm³/mol. The second kappa shape index (κ2) is 6.98. The smallest absolute Gasteiger partial charge is 0.289 e. The van der Waals surface area contributed by atoms with Crippen molar-refractivity contribution in [3.05, 3.63) is 41.2 Å². The average molecular weight is 304 g/mol. The normalized spacial score (nSPS) is 14.5. The van der Waals surface area contributed by atoms with Crippen molar-refractivity contribution < 1.29 is 19.4 Å². The summed E-state index contributed by atoms with van der Waals surface area (Å²) in [5.74, 6) is -0.593. The quantitative estimate of drug-likeness (QED) is 0.773. The van der Waals surface area contributed by atoms with Gasteiger partial charge in [0.05, 0.1) is 18.7 Å². The van der Waals surface area contributed by atoms with Crippen molar-refractivity contribution in [2.75, 3.05) is 26.7 Å². The SMILES string of the molecule is Cc1cccc(OCCCNC(=O)C2=C(O)C(=O)N(C)C2)c1. The van der Waals surface area contributed by atoms with E-state index in [0.29, 0.717) is 19.6 Å². The molecular weight excluding hydrogens is 284 g/mol. The second-order valence-electron chi connectivity index (χ2n) is 5.26. The van der Waals surface area contributed by atoms with E-state index in [4.69, 9.17) is 4.74 Å². The first-order valence-electron chi connectivity index (χ1n) is 7.14. The summed E-state index contributed by atoms with van der Waals surface area (Å²) in [5.41, 5.74) is 1.25. The van der Waals surface area contributed by atoms with Gasteiger partial charge in [0.25, 0.3) is 11.8 Å². The molecule has 0 aromatic heterocycles. The summed E-state index contributed by atoms with van der Waals surface area (Å²) in [6.07, 6.45) is 0.636. The zero-order valence-electron chi connectivity index (χ0n) is 12.8. The maximum atomic E-state index is 11.9. The highest BCUT2D eigenvalue weighted by molar-refractivity contribution is 6.06. The number of rotatable bonds is 6. The van der Waals surface area contributed by atoms with Gasteiger partial charge in [0.2, 0.25) is 0 Å². The highest BCUT2D eigenvalue weighted by Gasteiger charge is 2.31. The van der Waals surface area contributed by atoms with E-state index < -0.39 is 17.6 Å². The highest BCUT2D eigenvalue weighted by Crippen LogP contribution is 2.15. The molecule has 0 radical (unpaired) electrons. The number of amides is 2. The molecule has 0 fully saturated rings. The molecule has 22 heavy (non-hydrogen) atoms. The summed E-state index contributed by atoms with van der Waals surface area (Å²) in [5, 5.41) is 12.3.